The van der Waals surface area contributed by atoms with Crippen molar-refractivity contribution in [2.75, 3.05) is 5.12 Å². The average Bonchev–Trinajstić information content (AvgIpc) is 2.67. The van der Waals surface area contributed by atoms with E-state index < -0.39 is 0 Å². The molecule has 5 nitrogen and oxygen atoms in total. The van der Waals surface area contributed by atoms with Crippen molar-refractivity contribution < 1.29 is 10.2 Å². The van der Waals surface area contributed by atoms with E-state index in [0.29, 0.717) is 11.3 Å². The van der Waals surface area contributed by atoms with Gasteiger partial charge in [0.25, 0.3) is 0 Å². The predicted molar refractivity (Wildman–Crippen MR) is 122 cm³/mol. The Balaban J connectivity index is 1.87. The number of hydrazone groups is 1. The van der Waals surface area contributed by atoms with Gasteiger partial charge in [-0.15, -0.1) is 0 Å². The molecule has 3 aromatic carbocycles. The highest BCUT2D eigenvalue weighted by Crippen LogP contribution is 2.32. The van der Waals surface area contributed by atoms with Crippen LogP contribution in [0, 0.1) is 27.7 Å². The Hall–Kier alpha value is -3.73. The normalized spacial score (nSPS) is 13.5. The molecule has 0 aromatic heterocycles. The average molecular weight is 399 g/mol. The topological polar surface area (TPSA) is 68.1 Å². The van der Waals surface area contributed by atoms with Crippen LogP contribution in [0.2, 0.25) is 0 Å². The van der Waals surface area contributed by atoms with Gasteiger partial charge in [0.15, 0.2) is 0 Å². The van der Waals surface area contributed by atoms with Crippen LogP contribution in [0.3, 0.4) is 0 Å². The number of nitrogens with one attached hydrogen (secondary N) is 1. The second kappa shape index (κ2) is 7.59. The smallest absolute Gasteiger partial charge is 0.128 e. The van der Waals surface area contributed by atoms with Crippen LogP contribution in [0.5, 0.6) is 11.5 Å². The van der Waals surface area contributed by atoms with Crippen LogP contribution in [-0.2, 0) is 0 Å². The molecule has 1 aliphatic heterocycles. The summed E-state index contributed by atoms with van der Waals surface area (Å²) in [6, 6.07) is 17.0. The van der Waals surface area contributed by atoms with E-state index in [9.17, 15) is 10.2 Å². The third kappa shape index (κ3) is 3.74. The molecule has 0 saturated heterocycles. The van der Waals surface area contributed by atoms with Crippen molar-refractivity contribution >= 4 is 17.1 Å². The van der Waals surface area contributed by atoms with Gasteiger partial charge in [0.1, 0.15) is 11.5 Å². The maximum atomic E-state index is 10.4. The van der Waals surface area contributed by atoms with Gasteiger partial charge in [-0.1, -0.05) is 41.5 Å². The lowest BCUT2D eigenvalue weighted by atomic mass is 9.99. The fourth-order valence-corrected chi connectivity index (χ4v) is 3.72. The number of hydrazine groups is 1. The zero-order valence-corrected chi connectivity index (χ0v) is 17.6. The van der Waals surface area contributed by atoms with Gasteiger partial charge in [-0.2, -0.15) is 10.2 Å². The minimum absolute atomic E-state index is 0.00351. The summed E-state index contributed by atoms with van der Waals surface area (Å²) < 4.78 is 0. The summed E-state index contributed by atoms with van der Waals surface area (Å²) in [6.07, 6.45) is 1.92. The highest BCUT2D eigenvalue weighted by molar-refractivity contribution is 6.14. The van der Waals surface area contributed by atoms with E-state index in [0.717, 1.165) is 28.1 Å². The molecule has 152 valence electrons. The van der Waals surface area contributed by atoms with E-state index in [2.05, 4.69) is 50.5 Å². The molecule has 3 N–H and O–H groups in total. The molecule has 0 saturated carbocycles. The molecule has 0 radical (unpaired) electrons. The third-order valence-corrected chi connectivity index (χ3v) is 5.22. The monoisotopic (exact) mass is 399 g/mol. The molecule has 1 heterocycles. The molecule has 4 rings (SSSR count). The molecule has 3 aromatic rings. The number of phenols is 2. The SMILES string of the molecule is Cc1ccc(C2=NN(c3ccc(C)cc3C)NC(c3ccc(O)cc3O)=C2)c(C)c1. The summed E-state index contributed by atoms with van der Waals surface area (Å²) in [5.41, 5.74) is 11.9. The van der Waals surface area contributed by atoms with Gasteiger partial charge in [0, 0.05) is 17.2 Å². The van der Waals surface area contributed by atoms with Gasteiger partial charge >= 0.3 is 0 Å². The maximum absolute atomic E-state index is 10.4. The van der Waals surface area contributed by atoms with Crippen molar-refractivity contribution in [3.05, 3.63) is 94.1 Å². The lowest BCUT2D eigenvalue weighted by Gasteiger charge is -2.29. The number of aryl methyl sites for hydroxylation is 4. The molecule has 0 unspecified atom stereocenters. The van der Waals surface area contributed by atoms with E-state index in [-0.39, 0.29) is 11.5 Å². The number of allylic oxidation sites excluding steroid dienone is 1. The van der Waals surface area contributed by atoms with Crippen molar-refractivity contribution in [3.63, 3.8) is 0 Å². The van der Waals surface area contributed by atoms with Crippen molar-refractivity contribution in [1.82, 2.24) is 5.43 Å². The zero-order valence-electron chi connectivity index (χ0n) is 17.6. The molecule has 0 bridgehead atoms. The molecule has 5 heteroatoms. The number of rotatable bonds is 3. The van der Waals surface area contributed by atoms with Crippen LogP contribution >= 0.6 is 0 Å². The Kier molecular flexibility index (Phi) is 4.96. The zero-order chi connectivity index (χ0) is 21.4. The molecule has 0 aliphatic carbocycles. The number of hydrogen-bond acceptors (Lipinski definition) is 5. The van der Waals surface area contributed by atoms with Crippen LogP contribution in [0.15, 0.2) is 65.8 Å². The van der Waals surface area contributed by atoms with Crippen molar-refractivity contribution in [2.45, 2.75) is 27.7 Å². The molecule has 1 aliphatic rings. The van der Waals surface area contributed by atoms with E-state index in [1.807, 2.05) is 25.1 Å². The summed E-state index contributed by atoms with van der Waals surface area (Å²) >= 11 is 0. The number of benzene rings is 3. The number of anilines is 1. The summed E-state index contributed by atoms with van der Waals surface area (Å²) in [7, 11) is 0. The quantitative estimate of drug-likeness (QED) is 0.573. The van der Waals surface area contributed by atoms with Crippen LogP contribution in [0.25, 0.3) is 5.70 Å². The van der Waals surface area contributed by atoms with Crippen LogP contribution in [-0.4, -0.2) is 15.9 Å². The second-order valence-electron chi connectivity index (χ2n) is 7.78. The Labute approximate surface area is 176 Å². The highest BCUT2D eigenvalue weighted by atomic mass is 16.3. The van der Waals surface area contributed by atoms with Crippen molar-refractivity contribution in [1.29, 1.82) is 0 Å². The van der Waals surface area contributed by atoms with Crippen LogP contribution in [0.4, 0.5) is 5.69 Å². The predicted octanol–water partition coefficient (Wildman–Crippen LogP) is 5.10. The van der Waals surface area contributed by atoms with Gasteiger partial charge in [-0.25, -0.2) is 0 Å². The fraction of sp³-hybridized carbons (Fsp3) is 0.160. The van der Waals surface area contributed by atoms with E-state index >= 15 is 0 Å². The van der Waals surface area contributed by atoms with Gasteiger partial charge in [-0.05, 0) is 63.1 Å². The Morgan fingerprint density at radius 1 is 0.767 bits per heavy atom. The first-order valence-corrected chi connectivity index (χ1v) is 9.86. The molecule has 0 spiro atoms. The minimum atomic E-state index is -0.00351. The number of hydrogen-bond donors (Lipinski definition) is 3. The summed E-state index contributed by atoms with van der Waals surface area (Å²) in [5, 5.41) is 26.7. The minimum Gasteiger partial charge on any atom is -0.508 e. The van der Waals surface area contributed by atoms with Gasteiger partial charge < -0.3 is 10.2 Å². The molecular weight excluding hydrogens is 374 g/mol. The van der Waals surface area contributed by atoms with E-state index in [4.69, 9.17) is 5.10 Å². The molecule has 0 fully saturated rings. The summed E-state index contributed by atoms with van der Waals surface area (Å²) in [4.78, 5) is 0. The van der Waals surface area contributed by atoms with Gasteiger partial charge in [0.05, 0.1) is 17.1 Å². The largest absolute Gasteiger partial charge is 0.508 e. The lowest BCUT2D eigenvalue weighted by molar-refractivity contribution is 0.449. The molecular formula is C25H25N3O2. The Morgan fingerprint density at radius 2 is 1.43 bits per heavy atom. The lowest BCUT2D eigenvalue weighted by Crippen LogP contribution is -2.37. The van der Waals surface area contributed by atoms with Crippen molar-refractivity contribution in [2.24, 2.45) is 5.10 Å². The molecule has 0 atom stereocenters. The first kappa shape index (κ1) is 19.6. The maximum Gasteiger partial charge on any atom is 0.128 e. The Morgan fingerprint density at radius 3 is 2.10 bits per heavy atom. The first-order chi connectivity index (χ1) is 14.3. The standard InChI is InChI=1S/C25H25N3O2/c1-15-5-8-20(17(3)11-15)22-14-23(21-9-7-19(29)13-25(21)30)27-28(26-22)24-10-6-16(2)12-18(24)4/h5-14,27,29-30H,1-4H3. The molecule has 30 heavy (non-hydrogen) atoms. The summed E-state index contributed by atoms with van der Waals surface area (Å²) in [6.45, 7) is 8.25. The first-order valence-electron chi connectivity index (χ1n) is 9.86. The third-order valence-electron chi connectivity index (χ3n) is 5.22. The van der Waals surface area contributed by atoms with Gasteiger partial charge in [0.2, 0.25) is 0 Å². The number of phenolic OH excluding ortho intramolecular Hbond substituents is 2. The number of aromatic hydroxyl groups is 2. The van der Waals surface area contributed by atoms with Crippen LogP contribution in [0.1, 0.15) is 33.4 Å². The van der Waals surface area contributed by atoms with Crippen molar-refractivity contribution in [3.8, 4) is 11.5 Å². The van der Waals surface area contributed by atoms with Gasteiger partial charge in [-0.3, -0.25) is 5.43 Å². The highest BCUT2D eigenvalue weighted by Gasteiger charge is 2.21. The fourth-order valence-electron chi connectivity index (χ4n) is 3.72. The second-order valence-corrected chi connectivity index (χ2v) is 7.78. The number of nitrogens with zero attached hydrogens (tertiary/aromatic N) is 2. The van der Waals surface area contributed by atoms with E-state index in [1.54, 1.807) is 17.3 Å². The summed E-state index contributed by atoms with van der Waals surface area (Å²) in [5.74, 6) is 0.0124. The molecule has 0 amide bonds. The van der Waals surface area contributed by atoms with Crippen LogP contribution < -0.4 is 10.5 Å². The van der Waals surface area contributed by atoms with E-state index in [1.165, 1.54) is 17.2 Å². The Bertz CT molecular complexity index is 1190.